The van der Waals surface area contributed by atoms with Gasteiger partial charge in [-0.3, -0.25) is 9.20 Å². The van der Waals surface area contributed by atoms with E-state index in [1.807, 2.05) is 47.7 Å². The van der Waals surface area contributed by atoms with Crippen molar-refractivity contribution in [3.8, 4) is 0 Å². The molecular formula is C18H15N5O2. The van der Waals surface area contributed by atoms with E-state index in [4.69, 9.17) is 5.11 Å². The van der Waals surface area contributed by atoms with Crippen LogP contribution >= 0.6 is 0 Å². The average molecular weight is 333 g/mol. The number of carbonyl (C=O) groups is 1. The molecule has 0 aliphatic rings. The van der Waals surface area contributed by atoms with Gasteiger partial charge in [-0.2, -0.15) is 0 Å². The van der Waals surface area contributed by atoms with Gasteiger partial charge in [0.05, 0.1) is 17.5 Å². The predicted molar refractivity (Wildman–Crippen MR) is 94.1 cm³/mol. The molecule has 0 aliphatic heterocycles. The smallest absolute Gasteiger partial charge is 0.307 e. The molecule has 0 aliphatic carbocycles. The van der Waals surface area contributed by atoms with Crippen LogP contribution in [-0.4, -0.2) is 30.7 Å². The maximum absolute atomic E-state index is 10.8. The van der Waals surface area contributed by atoms with E-state index in [0.29, 0.717) is 11.5 Å². The molecule has 0 atom stereocenters. The van der Waals surface area contributed by atoms with Crippen LogP contribution in [0.25, 0.3) is 16.7 Å². The van der Waals surface area contributed by atoms with Gasteiger partial charge in [0.25, 0.3) is 0 Å². The zero-order valence-electron chi connectivity index (χ0n) is 13.5. The summed E-state index contributed by atoms with van der Waals surface area (Å²) in [5, 5.41) is 20.5. The molecule has 0 unspecified atom stereocenters. The van der Waals surface area contributed by atoms with E-state index >= 15 is 0 Å². The summed E-state index contributed by atoms with van der Waals surface area (Å²) in [6.45, 7) is 1.90. The van der Waals surface area contributed by atoms with Crippen LogP contribution in [0, 0.1) is 6.92 Å². The maximum Gasteiger partial charge on any atom is 0.307 e. The van der Waals surface area contributed by atoms with Crippen molar-refractivity contribution in [2.75, 3.05) is 5.32 Å². The van der Waals surface area contributed by atoms with Crippen LogP contribution in [0.15, 0.2) is 48.5 Å². The van der Waals surface area contributed by atoms with Crippen LogP contribution in [0.1, 0.15) is 11.4 Å². The third-order valence-electron chi connectivity index (χ3n) is 3.96. The molecule has 25 heavy (non-hydrogen) atoms. The first kappa shape index (κ1) is 15.1. The highest BCUT2D eigenvalue weighted by Gasteiger charge is 2.13. The highest BCUT2D eigenvalue weighted by Crippen LogP contribution is 2.24. The van der Waals surface area contributed by atoms with Crippen molar-refractivity contribution in [3.05, 3.63) is 59.9 Å². The van der Waals surface area contributed by atoms with Gasteiger partial charge in [0.1, 0.15) is 5.82 Å². The molecule has 2 heterocycles. The first-order valence-corrected chi connectivity index (χ1v) is 7.80. The lowest BCUT2D eigenvalue weighted by Gasteiger charge is -2.10. The van der Waals surface area contributed by atoms with Crippen molar-refractivity contribution in [2.45, 2.75) is 13.3 Å². The summed E-state index contributed by atoms with van der Waals surface area (Å²) < 4.78 is 1.96. The van der Waals surface area contributed by atoms with Gasteiger partial charge in [-0.1, -0.05) is 24.3 Å². The fraction of sp³-hybridized carbons (Fsp3) is 0.111. The van der Waals surface area contributed by atoms with Gasteiger partial charge < -0.3 is 10.4 Å². The minimum absolute atomic E-state index is 0.00211. The molecule has 7 nitrogen and oxygen atoms in total. The molecule has 0 spiro atoms. The van der Waals surface area contributed by atoms with Crippen LogP contribution in [0.4, 0.5) is 11.5 Å². The maximum atomic E-state index is 10.8. The zero-order chi connectivity index (χ0) is 17.4. The lowest BCUT2D eigenvalue weighted by molar-refractivity contribution is -0.136. The fourth-order valence-electron chi connectivity index (χ4n) is 2.82. The van der Waals surface area contributed by atoms with Crippen molar-refractivity contribution in [2.24, 2.45) is 0 Å². The van der Waals surface area contributed by atoms with Crippen molar-refractivity contribution in [3.63, 3.8) is 0 Å². The number of anilines is 2. The van der Waals surface area contributed by atoms with E-state index in [0.717, 1.165) is 28.1 Å². The van der Waals surface area contributed by atoms with Crippen molar-refractivity contribution in [1.29, 1.82) is 0 Å². The number of para-hydroxylation sites is 2. The standard InChI is InChI=1S/C18H15N5O2/c1-11-21-22-18-17(20-14-4-2-3-5-15(14)23(11)18)19-13-8-6-12(7-9-13)10-16(24)25/h2-9H,10H2,1H3,(H,19,20)(H,24,25). The Morgan fingerprint density at radius 2 is 1.88 bits per heavy atom. The second-order valence-electron chi connectivity index (χ2n) is 5.75. The number of nitrogens with one attached hydrogen (secondary N) is 1. The molecular weight excluding hydrogens is 318 g/mol. The molecule has 2 aromatic carbocycles. The molecule has 4 aromatic rings. The summed E-state index contributed by atoms with van der Waals surface area (Å²) in [5.41, 5.74) is 3.98. The van der Waals surface area contributed by atoms with E-state index in [1.165, 1.54) is 0 Å². The lowest BCUT2D eigenvalue weighted by atomic mass is 10.1. The molecule has 0 bridgehead atoms. The van der Waals surface area contributed by atoms with E-state index in [2.05, 4.69) is 20.5 Å². The Kier molecular flexibility index (Phi) is 3.53. The van der Waals surface area contributed by atoms with Crippen molar-refractivity contribution >= 4 is 34.2 Å². The van der Waals surface area contributed by atoms with Gasteiger partial charge in [-0.15, -0.1) is 10.2 Å². The van der Waals surface area contributed by atoms with E-state index in [1.54, 1.807) is 12.1 Å². The van der Waals surface area contributed by atoms with Gasteiger partial charge in [-0.05, 0) is 36.8 Å². The second-order valence-corrected chi connectivity index (χ2v) is 5.75. The van der Waals surface area contributed by atoms with Gasteiger partial charge >= 0.3 is 5.97 Å². The number of aryl methyl sites for hydroxylation is 1. The molecule has 4 rings (SSSR count). The molecule has 0 saturated carbocycles. The predicted octanol–water partition coefficient (Wildman–Crippen LogP) is 2.96. The number of aromatic nitrogens is 4. The average Bonchev–Trinajstić information content (AvgIpc) is 2.99. The van der Waals surface area contributed by atoms with Gasteiger partial charge in [-0.25, -0.2) is 4.98 Å². The summed E-state index contributed by atoms with van der Waals surface area (Å²) in [6, 6.07) is 15.0. The fourth-order valence-corrected chi connectivity index (χ4v) is 2.82. The number of rotatable bonds is 4. The summed E-state index contributed by atoms with van der Waals surface area (Å²) in [7, 11) is 0. The number of hydrogen-bond donors (Lipinski definition) is 2. The Bertz CT molecular complexity index is 1090. The number of nitrogens with zero attached hydrogens (tertiary/aromatic N) is 4. The van der Waals surface area contributed by atoms with Crippen molar-refractivity contribution < 1.29 is 9.90 Å². The van der Waals surface area contributed by atoms with E-state index in [9.17, 15) is 4.79 Å². The van der Waals surface area contributed by atoms with Gasteiger partial charge in [0.15, 0.2) is 5.82 Å². The minimum atomic E-state index is -0.849. The summed E-state index contributed by atoms with van der Waals surface area (Å²) in [5.74, 6) is 0.538. The van der Waals surface area contributed by atoms with Crippen molar-refractivity contribution in [1.82, 2.24) is 19.6 Å². The number of fused-ring (bicyclic) bond motifs is 3. The highest BCUT2D eigenvalue weighted by molar-refractivity contribution is 5.84. The Morgan fingerprint density at radius 3 is 2.64 bits per heavy atom. The number of carboxylic acids is 1. The first-order chi connectivity index (χ1) is 12.1. The summed E-state index contributed by atoms with van der Waals surface area (Å²) in [6.07, 6.45) is 0.00211. The molecule has 0 fully saturated rings. The van der Waals surface area contributed by atoms with Crippen LogP contribution in [0.3, 0.4) is 0 Å². The number of benzene rings is 2. The highest BCUT2D eigenvalue weighted by atomic mass is 16.4. The SMILES string of the molecule is Cc1nnc2c(Nc3ccc(CC(=O)O)cc3)nc3ccccc3n12. The van der Waals surface area contributed by atoms with E-state index in [-0.39, 0.29) is 6.42 Å². The largest absolute Gasteiger partial charge is 0.481 e. The molecule has 0 amide bonds. The molecule has 0 saturated heterocycles. The van der Waals surface area contributed by atoms with Crippen LogP contribution in [0.2, 0.25) is 0 Å². The molecule has 124 valence electrons. The third kappa shape index (κ3) is 2.76. The molecule has 2 N–H and O–H groups in total. The third-order valence-corrected chi connectivity index (χ3v) is 3.96. The Balaban J connectivity index is 1.77. The quantitative estimate of drug-likeness (QED) is 0.596. The lowest BCUT2D eigenvalue weighted by Crippen LogP contribution is -2.02. The second kappa shape index (κ2) is 5.86. The first-order valence-electron chi connectivity index (χ1n) is 7.80. The van der Waals surface area contributed by atoms with Crippen LogP contribution in [-0.2, 0) is 11.2 Å². The number of hydrogen-bond acceptors (Lipinski definition) is 5. The normalized spacial score (nSPS) is 11.1. The number of aliphatic carboxylic acids is 1. The molecule has 2 aromatic heterocycles. The Hall–Kier alpha value is -3.48. The minimum Gasteiger partial charge on any atom is -0.481 e. The van der Waals surface area contributed by atoms with Gasteiger partial charge in [0, 0.05) is 5.69 Å². The number of carboxylic acid groups (broad SMARTS) is 1. The molecule has 0 radical (unpaired) electrons. The Labute approximate surface area is 143 Å². The zero-order valence-corrected chi connectivity index (χ0v) is 13.5. The topological polar surface area (TPSA) is 92.4 Å². The summed E-state index contributed by atoms with van der Waals surface area (Å²) in [4.78, 5) is 15.4. The molecule has 7 heteroatoms. The summed E-state index contributed by atoms with van der Waals surface area (Å²) >= 11 is 0. The Morgan fingerprint density at radius 1 is 1.12 bits per heavy atom. The monoisotopic (exact) mass is 333 g/mol. The van der Waals surface area contributed by atoms with E-state index < -0.39 is 5.97 Å². The van der Waals surface area contributed by atoms with Gasteiger partial charge in [0.2, 0.25) is 5.65 Å². The van der Waals surface area contributed by atoms with Crippen LogP contribution in [0.5, 0.6) is 0 Å². The van der Waals surface area contributed by atoms with Crippen LogP contribution < -0.4 is 5.32 Å².